The third-order valence-electron chi connectivity index (χ3n) is 4.09. The fraction of sp³-hybridized carbons (Fsp3) is 0.294. The Bertz CT molecular complexity index is 1120. The minimum Gasteiger partial charge on any atom is -0.463 e. The number of nitrogens with zero attached hydrogens (tertiary/aromatic N) is 5. The Morgan fingerprint density at radius 3 is 2.67 bits per heavy atom. The van der Waals surface area contributed by atoms with Crippen molar-refractivity contribution >= 4 is 27.7 Å². The Balaban J connectivity index is 1.75. The lowest BCUT2D eigenvalue weighted by atomic mass is 10.3. The molecule has 0 saturated heterocycles. The number of ether oxygens (including phenoxy) is 1. The number of aromatic nitrogens is 5. The summed E-state index contributed by atoms with van der Waals surface area (Å²) in [6.45, 7) is 1.05. The summed E-state index contributed by atoms with van der Waals surface area (Å²) in [5.74, 6) is -0.211. The number of carbonyl (C=O) groups excluding carboxylic acids is 1. The third-order valence-corrected chi connectivity index (χ3v) is 5.45. The quantitative estimate of drug-likeness (QED) is 0.269. The molecule has 0 bridgehead atoms. The van der Waals surface area contributed by atoms with E-state index in [1.165, 1.54) is 29.8 Å². The first kappa shape index (κ1) is 21.3. The Hall–Kier alpha value is -3.45. The maximum Gasteiger partial charge on any atom is 0.302 e. The van der Waals surface area contributed by atoms with E-state index >= 15 is 0 Å². The Labute approximate surface area is 172 Å². The van der Waals surface area contributed by atoms with Gasteiger partial charge in [-0.3, -0.25) is 8.98 Å². The zero-order chi connectivity index (χ0) is 21.7. The van der Waals surface area contributed by atoms with E-state index in [2.05, 4.69) is 15.3 Å². The molecular formula is C17H21N7O5S. The van der Waals surface area contributed by atoms with Crippen molar-refractivity contribution in [3.63, 3.8) is 0 Å². The first-order valence-corrected chi connectivity index (χ1v) is 10.2. The second-order valence-corrected chi connectivity index (χ2v) is 7.92. The van der Waals surface area contributed by atoms with E-state index in [0.29, 0.717) is 18.2 Å². The van der Waals surface area contributed by atoms with Gasteiger partial charge in [-0.1, -0.05) is 17.3 Å². The average molecular weight is 435 g/mol. The molecule has 0 aliphatic heterocycles. The number of nitrogens with two attached hydrogens (primary N) is 2. The van der Waals surface area contributed by atoms with Crippen LogP contribution in [0.4, 0.5) is 11.6 Å². The van der Waals surface area contributed by atoms with Gasteiger partial charge in [-0.25, -0.2) is 9.67 Å². The maximum absolute atomic E-state index is 12.5. The van der Waals surface area contributed by atoms with Crippen LogP contribution in [0.5, 0.6) is 0 Å². The minimum absolute atomic E-state index is 0.0648. The molecule has 1 atom stereocenters. The van der Waals surface area contributed by atoms with Crippen molar-refractivity contribution in [1.82, 2.24) is 24.5 Å². The number of rotatable bonds is 9. The summed E-state index contributed by atoms with van der Waals surface area (Å²) in [6.07, 6.45) is 4.82. The van der Waals surface area contributed by atoms with Crippen LogP contribution in [0.2, 0.25) is 0 Å². The van der Waals surface area contributed by atoms with Gasteiger partial charge in [0.15, 0.2) is 5.95 Å². The molecule has 0 radical (unpaired) electrons. The number of anilines is 2. The maximum atomic E-state index is 12.5. The molecule has 0 fully saturated rings. The van der Waals surface area contributed by atoms with Gasteiger partial charge in [-0.2, -0.15) is 8.42 Å². The number of nitrogen functional groups attached to an aromatic ring is 2. The number of benzene rings is 1. The number of hydrogen-bond donors (Lipinski definition) is 2. The van der Waals surface area contributed by atoms with Gasteiger partial charge in [-0.05, 0) is 12.1 Å². The zero-order valence-corrected chi connectivity index (χ0v) is 16.9. The molecule has 0 aliphatic carbocycles. The Morgan fingerprint density at radius 2 is 2.00 bits per heavy atom. The summed E-state index contributed by atoms with van der Waals surface area (Å²) in [5.41, 5.74) is 12.1. The van der Waals surface area contributed by atoms with Crippen molar-refractivity contribution in [2.24, 2.45) is 0 Å². The third kappa shape index (κ3) is 5.12. The van der Waals surface area contributed by atoms with Crippen LogP contribution in [0, 0.1) is 0 Å². The average Bonchev–Trinajstić information content (AvgIpc) is 3.31. The fourth-order valence-corrected chi connectivity index (χ4v) is 3.63. The van der Waals surface area contributed by atoms with E-state index < -0.39 is 22.1 Å². The fourth-order valence-electron chi connectivity index (χ4n) is 2.57. The summed E-state index contributed by atoms with van der Waals surface area (Å²) in [4.78, 5) is 15.0. The molecule has 0 spiro atoms. The largest absolute Gasteiger partial charge is 0.463 e. The van der Waals surface area contributed by atoms with Gasteiger partial charge in [0, 0.05) is 19.3 Å². The van der Waals surface area contributed by atoms with Gasteiger partial charge in [0.2, 0.25) is 0 Å². The highest BCUT2D eigenvalue weighted by atomic mass is 32.2. The second kappa shape index (κ2) is 8.92. The lowest BCUT2D eigenvalue weighted by Crippen LogP contribution is -2.24. The molecule has 1 aromatic carbocycles. The predicted octanol–water partition coefficient (Wildman–Crippen LogP) is 0.197. The molecule has 12 nitrogen and oxygen atoms in total. The topological polar surface area (TPSA) is 170 Å². The van der Waals surface area contributed by atoms with Gasteiger partial charge in [0.25, 0.3) is 10.1 Å². The summed E-state index contributed by atoms with van der Waals surface area (Å²) in [7, 11) is -4.13. The van der Waals surface area contributed by atoms with E-state index in [4.69, 9.17) is 20.4 Å². The SMILES string of the molecule is CC(=O)OCC(COS(=O)(=O)c1ccccc1N)n1cc(Cn2ccnc2N)nn1. The van der Waals surface area contributed by atoms with Crippen molar-refractivity contribution in [2.45, 2.75) is 24.4 Å². The minimum atomic E-state index is -4.13. The molecule has 30 heavy (non-hydrogen) atoms. The zero-order valence-electron chi connectivity index (χ0n) is 16.1. The Morgan fingerprint density at radius 1 is 1.23 bits per heavy atom. The molecule has 1 unspecified atom stereocenters. The highest BCUT2D eigenvalue weighted by molar-refractivity contribution is 7.87. The number of imidazole rings is 1. The van der Waals surface area contributed by atoms with Crippen LogP contribution in [0.3, 0.4) is 0 Å². The molecule has 2 heterocycles. The molecule has 0 saturated carbocycles. The van der Waals surface area contributed by atoms with Gasteiger partial charge in [0.1, 0.15) is 23.2 Å². The van der Waals surface area contributed by atoms with Crippen LogP contribution in [-0.2, 0) is 30.4 Å². The second-order valence-electron chi connectivity index (χ2n) is 6.34. The number of para-hydroxylation sites is 1. The van der Waals surface area contributed by atoms with Crippen molar-refractivity contribution in [1.29, 1.82) is 0 Å². The molecule has 2 aromatic heterocycles. The van der Waals surface area contributed by atoms with Gasteiger partial charge in [-0.15, -0.1) is 5.10 Å². The van der Waals surface area contributed by atoms with Crippen molar-refractivity contribution in [3.8, 4) is 0 Å². The molecule has 4 N–H and O–H groups in total. The molecule has 0 aliphatic rings. The highest BCUT2D eigenvalue weighted by Crippen LogP contribution is 2.21. The summed E-state index contributed by atoms with van der Waals surface area (Å²) in [6, 6.07) is 5.21. The standard InChI is InChI=1S/C17H21N7O5S/c1-12(25)28-10-14(11-29-30(26,27)16-5-3-2-4-15(16)18)24-9-13(21-22-24)8-23-7-6-20-17(23)19/h2-7,9,14H,8,10-11,18H2,1H3,(H2,19,20). The summed E-state index contributed by atoms with van der Waals surface area (Å²) >= 11 is 0. The first-order valence-electron chi connectivity index (χ1n) is 8.81. The van der Waals surface area contributed by atoms with Crippen LogP contribution < -0.4 is 11.5 Å². The smallest absolute Gasteiger partial charge is 0.302 e. The van der Waals surface area contributed by atoms with Crippen LogP contribution in [0.15, 0.2) is 47.8 Å². The summed E-state index contributed by atoms with van der Waals surface area (Å²) < 4.78 is 38.2. The molecule has 3 aromatic rings. The van der Waals surface area contributed by atoms with Crippen LogP contribution in [0.25, 0.3) is 0 Å². The van der Waals surface area contributed by atoms with E-state index in [1.807, 2.05) is 0 Å². The molecule has 0 amide bonds. The summed E-state index contributed by atoms with van der Waals surface area (Å²) in [5, 5.41) is 8.04. The molecule has 3 rings (SSSR count). The lowest BCUT2D eigenvalue weighted by Gasteiger charge is -2.17. The van der Waals surface area contributed by atoms with Crippen LogP contribution in [-0.4, -0.2) is 52.1 Å². The highest BCUT2D eigenvalue weighted by Gasteiger charge is 2.23. The normalized spacial score (nSPS) is 12.6. The monoisotopic (exact) mass is 435 g/mol. The van der Waals surface area contributed by atoms with E-state index in [-0.39, 0.29) is 23.8 Å². The molecular weight excluding hydrogens is 414 g/mol. The van der Waals surface area contributed by atoms with Crippen molar-refractivity contribution in [2.75, 3.05) is 24.7 Å². The van der Waals surface area contributed by atoms with Gasteiger partial charge >= 0.3 is 5.97 Å². The molecule has 13 heteroatoms. The number of hydrogen-bond acceptors (Lipinski definition) is 10. The van der Waals surface area contributed by atoms with Crippen molar-refractivity contribution < 1.29 is 22.1 Å². The Kier molecular flexibility index (Phi) is 6.32. The van der Waals surface area contributed by atoms with Gasteiger partial charge < -0.3 is 20.8 Å². The van der Waals surface area contributed by atoms with Gasteiger partial charge in [0.05, 0.1) is 25.0 Å². The lowest BCUT2D eigenvalue weighted by molar-refractivity contribution is -0.142. The van der Waals surface area contributed by atoms with E-state index in [1.54, 1.807) is 29.2 Å². The van der Waals surface area contributed by atoms with Crippen LogP contribution >= 0.6 is 0 Å². The predicted molar refractivity (Wildman–Crippen MR) is 105 cm³/mol. The van der Waals surface area contributed by atoms with Crippen molar-refractivity contribution in [3.05, 3.63) is 48.5 Å². The molecule has 160 valence electrons. The number of carbonyl (C=O) groups is 1. The number of esters is 1. The van der Waals surface area contributed by atoms with E-state index in [9.17, 15) is 13.2 Å². The van der Waals surface area contributed by atoms with Crippen LogP contribution in [0.1, 0.15) is 18.7 Å². The first-order chi connectivity index (χ1) is 14.3. The van der Waals surface area contributed by atoms with E-state index in [0.717, 1.165) is 0 Å².